The first-order valence-electron chi connectivity index (χ1n) is 8.68. The number of aromatic nitrogens is 2. The van der Waals surface area contributed by atoms with Gasteiger partial charge in [0.1, 0.15) is 11.5 Å². The second-order valence-corrected chi connectivity index (χ2v) is 6.23. The lowest BCUT2D eigenvalue weighted by Gasteiger charge is -2.15. The molecule has 3 aromatic rings. The third-order valence-corrected chi connectivity index (χ3v) is 4.25. The summed E-state index contributed by atoms with van der Waals surface area (Å²) in [6.45, 7) is 0.0300. The van der Waals surface area contributed by atoms with Crippen molar-refractivity contribution >= 4 is 5.91 Å². The van der Waals surface area contributed by atoms with E-state index in [4.69, 9.17) is 5.11 Å². The van der Waals surface area contributed by atoms with Crippen molar-refractivity contribution in [2.75, 3.05) is 20.2 Å². The van der Waals surface area contributed by atoms with Crippen LogP contribution in [0.2, 0.25) is 0 Å². The van der Waals surface area contributed by atoms with Crippen LogP contribution in [0.1, 0.15) is 21.9 Å². The number of H-pyrrole nitrogens is 1. The zero-order valence-electron chi connectivity index (χ0n) is 15.1. The zero-order valence-corrected chi connectivity index (χ0v) is 15.1. The van der Waals surface area contributed by atoms with Gasteiger partial charge >= 0.3 is 0 Å². The minimum atomic E-state index is -0.396. The molecule has 0 saturated heterocycles. The molecule has 0 spiro atoms. The number of carbonyl (C=O) groups excluding carboxylic acids is 1. The Labute approximate surface area is 157 Å². The van der Waals surface area contributed by atoms with Crippen LogP contribution < -0.4 is 5.56 Å². The molecule has 27 heavy (non-hydrogen) atoms. The molecule has 0 aliphatic heterocycles. The molecule has 6 heteroatoms. The van der Waals surface area contributed by atoms with E-state index in [9.17, 15) is 9.59 Å². The SMILES string of the molecule is CN(CCO)C(=O)c1cc(=O)[nH]c(Cc2ccccc2-c2ccccc2)n1. The lowest BCUT2D eigenvalue weighted by molar-refractivity contribution is 0.0760. The molecule has 0 bridgehead atoms. The van der Waals surface area contributed by atoms with Crippen molar-refractivity contribution in [2.24, 2.45) is 0 Å². The van der Waals surface area contributed by atoms with Crippen LogP contribution in [-0.4, -0.2) is 46.1 Å². The number of nitrogens with one attached hydrogen (secondary N) is 1. The summed E-state index contributed by atoms with van der Waals surface area (Å²) >= 11 is 0. The van der Waals surface area contributed by atoms with Crippen LogP contribution >= 0.6 is 0 Å². The van der Waals surface area contributed by atoms with Gasteiger partial charge in [-0.2, -0.15) is 0 Å². The predicted octanol–water partition coefficient (Wildman–Crippen LogP) is 2.09. The van der Waals surface area contributed by atoms with Gasteiger partial charge in [0.15, 0.2) is 0 Å². The fourth-order valence-electron chi connectivity index (χ4n) is 2.90. The van der Waals surface area contributed by atoms with Crippen LogP contribution in [0.3, 0.4) is 0 Å². The summed E-state index contributed by atoms with van der Waals surface area (Å²) in [5, 5.41) is 8.99. The Morgan fingerprint density at radius 2 is 1.81 bits per heavy atom. The van der Waals surface area contributed by atoms with Crippen molar-refractivity contribution in [3.63, 3.8) is 0 Å². The number of aliphatic hydroxyl groups is 1. The molecule has 2 N–H and O–H groups in total. The maximum atomic E-state index is 12.4. The molecule has 138 valence electrons. The van der Waals surface area contributed by atoms with Crippen LogP contribution in [0.25, 0.3) is 11.1 Å². The molecule has 0 aliphatic rings. The molecular weight excluding hydrogens is 342 g/mol. The summed E-state index contributed by atoms with van der Waals surface area (Å²) in [5.74, 6) is 0.0272. The van der Waals surface area contributed by atoms with E-state index in [0.717, 1.165) is 16.7 Å². The molecule has 1 amide bonds. The number of aliphatic hydroxyl groups excluding tert-OH is 1. The number of hydrogen-bond donors (Lipinski definition) is 2. The fraction of sp³-hybridized carbons (Fsp3) is 0.190. The highest BCUT2D eigenvalue weighted by Crippen LogP contribution is 2.24. The van der Waals surface area contributed by atoms with E-state index in [0.29, 0.717) is 12.2 Å². The smallest absolute Gasteiger partial charge is 0.272 e. The lowest BCUT2D eigenvalue weighted by Crippen LogP contribution is -2.31. The average molecular weight is 363 g/mol. The maximum absolute atomic E-state index is 12.4. The molecule has 1 heterocycles. The quantitative estimate of drug-likeness (QED) is 0.702. The number of aromatic amines is 1. The van der Waals surface area contributed by atoms with Crippen molar-refractivity contribution < 1.29 is 9.90 Å². The van der Waals surface area contributed by atoms with Gasteiger partial charge in [0.05, 0.1) is 6.61 Å². The molecule has 2 aromatic carbocycles. The average Bonchev–Trinajstić information content (AvgIpc) is 2.68. The molecule has 0 radical (unpaired) electrons. The topological polar surface area (TPSA) is 86.3 Å². The minimum absolute atomic E-state index is 0.0712. The third-order valence-electron chi connectivity index (χ3n) is 4.25. The highest BCUT2D eigenvalue weighted by atomic mass is 16.3. The number of nitrogens with zero attached hydrogens (tertiary/aromatic N) is 2. The van der Waals surface area contributed by atoms with E-state index in [-0.39, 0.29) is 24.4 Å². The van der Waals surface area contributed by atoms with Crippen molar-refractivity contribution in [3.05, 3.63) is 88.1 Å². The highest BCUT2D eigenvalue weighted by Gasteiger charge is 2.15. The lowest BCUT2D eigenvalue weighted by atomic mass is 9.97. The normalized spacial score (nSPS) is 10.6. The van der Waals surface area contributed by atoms with Gasteiger partial charge in [0.25, 0.3) is 11.5 Å². The Kier molecular flexibility index (Phi) is 5.78. The molecule has 3 rings (SSSR count). The van der Waals surface area contributed by atoms with E-state index in [1.807, 2.05) is 54.6 Å². The van der Waals surface area contributed by atoms with E-state index in [1.54, 1.807) is 7.05 Å². The van der Waals surface area contributed by atoms with Gasteiger partial charge in [-0.15, -0.1) is 0 Å². The monoisotopic (exact) mass is 363 g/mol. The first-order chi connectivity index (χ1) is 13.1. The second-order valence-electron chi connectivity index (χ2n) is 6.23. The summed E-state index contributed by atoms with van der Waals surface area (Å²) in [6.07, 6.45) is 0.394. The number of rotatable bonds is 6. The molecule has 0 fully saturated rings. The predicted molar refractivity (Wildman–Crippen MR) is 104 cm³/mol. The molecule has 0 unspecified atom stereocenters. The number of benzene rings is 2. The molecule has 0 saturated carbocycles. The highest BCUT2D eigenvalue weighted by molar-refractivity contribution is 5.92. The van der Waals surface area contributed by atoms with Crippen molar-refractivity contribution in [1.82, 2.24) is 14.9 Å². The van der Waals surface area contributed by atoms with Crippen molar-refractivity contribution in [1.29, 1.82) is 0 Å². The van der Waals surface area contributed by atoms with Gasteiger partial charge in [-0.1, -0.05) is 54.6 Å². The molecular formula is C21H21N3O3. The minimum Gasteiger partial charge on any atom is -0.395 e. The van der Waals surface area contributed by atoms with Crippen LogP contribution in [0.4, 0.5) is 0 Å². The number of amides is 1. The Bertz CT molecular complexity index is 983. The van der Waals surface area contributed by atoms with E-state index in [1.165, 1.54) is 11.0 Å². The number of hydrogen-bond acceptors (Lipinski definition) is 4. The standard InChI is InChI=1S/C21H21N3O3/c1-24(11-12-25)21(27)18-14-20(26)23-19(22-18)13-16-9-5-6-10-17(16)15-7-3-2-4-8-15/h2-10,14,25H,11-13H2,1H3,(H,22,23,26). The van der Waals surface area contributed by atoms with E-state index in [2.05, 4.69) is 9.97 Å². The van der Waals surface area contributed by atoms with Gasteiger partial charge < -0.3 is 15.0 Å². The van der Waals surface area contributed by atoms with Gasteiger partial charge in [-0.05, 0) is 16.7 Å². The summed E-state index contributed by atoms with van der Waals surface area (Å²) in [5.41, 5.74) is 2.82. The van der Waals surface area contributed by atoms with Gasteiger partial charge in [0, 0.05) is 26.1 Å². The first-order valence-corrected chi connectivity index (χ1v) is 8.68. The summed E-state index contributed by atoms with van der Waals surface area (Å²) < 4.78 is 0. The Morgan fingerprint density at radius 1 is 1.11 bits per heavy atom. The Morgan fingerprint density at radius 3 is 2.56 bits per heavy atom. The van der Waals surface area contributed by atoms with E-state index >= 15 is 0 Å². The summed E-state index contributed by atoms with van der Waals surface area (Å²) in [7, 11) is 1.56. The van der Waals surface area contributed by atoms with Crippen molar-refractivity contribution in [2.45, 2.75) is 6.42 Å². The zero-order chi connectivity index (χ0) is 19.2. The molecule has 0 atom stereocenters. The van der Waals surface area contributed by atoms with Gasteiger partial charge in [-0.25, -0.2) is 4.98 Å². The van der Waals surface area contributed by atoms with Crippen LogP contribution in [-0.2, 0) is 6.42 Å². The molecule has 1 aromatic heterocycles. The van der Waals surface area contributed by atoms with E-state index < -0.39 is 5.91 Å². The largest absolute Gasteiger partial charge is 0.395 e. The van der Waals surface area contributed by atoms with Crippen LogP contribution in [0.15, 0.2) is 65.5 Å². The number of likely N-dealkylation sites (N-methyl/N-ethyl adjacent to an activating group) is 1. The summed E-state index contributed by atoms with van der Waals surface area (Å²) in [6, 6.07) is 19.0. The Balaban J connectivity index is 1.94. The van der Waals surface area contributed by atoms with Crippen LogP contribution in [0.5, 0.6) is 0 Å². The first kappa shape index (κ1) is 18.5. The Hall–Kier alpha value is -3.25. The fourth-order valence-corrected chi connectivity index (χ4v) is 2.90. The summed E-state index contributed by atoms with van der Waals surface area (Å²) in [4.78, 5) is 32.8. The molecule has 6 nitrogen and oxygen atoms in total. The third kappa shape index (κ3) is 4.48. The molecule has 0 aliphatic carbocycles. The van der Waals surface area contributed by atoms with Gasteiger partial charge in [-0.3, -0.25) is 9.59 Å². The number of carbonyl (C=O) groups is 1. The second kappa shape index (κ2) is 8.42. The van der Waals surface area contributed by atoms with Gasteiger partial charge in [0.2, 0.25) is 0 Å². The van der Waals surface area contributed by atoms with Crippen LogP contribution in [0, 0.1) is 0 Å². The van der Waals surface area contributed by atoms with Crippen molar-refractivity contribution in [3.8, 4) is 11.1 Å². The maximum Gasteiger partial charge on any atom is 0.272 e.